The molecule has 4 N–H and O–H groups in total. The highest BCUT2D eigenvalue weighted by molar-refractivity contribution is 6.06. The van der Waals surface area contributed by atoms with E-state index in [0.29, 0.717) is 24.8 Å². The standard InChI is InChI=1S/C24H34F2N4O4/c1-23(2,3)20(22(34)27-12-16(32)14-31)28-21(33)19-17-6-4-5-7-18(17)30(29-19)13-15-8-10-24(25,26)11-9-15/h4-7,15-16,20,31-32H,8-14H2,1-3H3,(H,27,34)(H,28,33). The average molecular weight is 481 g/mol. The van der Waals surface area contributed by atoms with Crippen LogP contribution in [-0.4, -0.2) is 63.0 Å². The van der Waals surface area contributed by atoms with Gasteiger partial charge in [0.05, 0.1) is 18.2 Å². The van der Waals surface area contributed by atoms with Crippen molar-refractivity contribution in [1.82, 2.24) is 20.4 Å². The minimum absolute atomic E-state index is 0.0462. The fourth-order valence-electron chi connectivity index (χ4n) is 4.22. The fourth-order valence-corrected chi connectivity index (χ4v) is 4.22. The van der Waals surface area contributed by atoms with E-state index in [2.05, 4.69) is 15.7 Å². The van der Waals surface area contributed by atoms with E-state index in [0.717, 1.165) is 5.52 Å². The Balaban J connectivity index is 1.80. The van der Waals surface area contributed by atoms with E-state index < -0.39 is 41.9 Å². The van der Waals surface area contributed by atoms with Crippen LogP contribution in [0, 0.1) is 11.3 Å². The largest absolute Gasteiger partial charge is 0.394 e. The first kappa shape index (κ1) is 26.0. The Morgan fingerprint density at radius 3 is 2.50 bits per heavy atom. The van der Waals surface area contributed by atoms with Crippen molar-refractivity contribution in [2.45, 2.75) is 71.1 Å². The van der Waals surface area contributed by atoms with Gasteiger partial charge in [0.1, 0.15) is 6.04 Å². The quantitative estimate of drug-likeness (QED) is 0.463. The number of aliphatic hydroxyl groups is 2. The molecule has 188 valence electrons. The molecule has 1 heterocycles. The first-order valence-corrected chi connectivity index (χ1v) is 11.6. The number of carbonyl (C=O) groups is 2. The highest BCUT2D eigenvalue weighted by atomic mass is 19.3. The van der Waals surface area contributed by atoms with Gasteiger partial charge in [-0.15, -0.1) is 0 Å². The second-order valence-electron chi connectivity index (χ2n) is 10.2. The van der Waals surface area contributed by atoms with Crippen molar-refractivity contribution in [3.05, 3.63) is 30.0 Å². The Morgan fingerprint density at radius 2 is 1.88 bits per heavy atom. The van der Waals surface area contributed by atoms with Crippen molar-refractivity contribution in [2.75, 3.05) is 13.2 Å². The summed E-state index contributed by atoms with van der Waals surface area (Å²) in [6, 6.07) is 6.30. The molecule has 1 aliphatic carbocycles. The van der Waals surface area contributed by atoms with Crippen LogP contribution in [0.4, 0.5) is 8.78 Å². The molecule has 1 aromatic heterocycles. The molecular weight excluding hydrogens is 446 g/mol. The second-order valence-corrected chi connectivity index (χ2v) is 10.2. The number of benzene rings is 1. The summed E-state index contributed by atoms with van der Waals surface area (Å²) in [5.41, 5.74) is 0.247. The number of alkyl halides is 2. The molecule has 0 bridgehead atoms. The summed E-state index contributed by atoms with van der Waals surface area (Å²) in [6.45, 7) is 5.21. The van der Waals surface area contributed by atoms with Gasteiger partial charge in [0, 0.05) is 31.3 Å². The van der Waals surface area contributed by atoms with E-state index in [-0.39, 0.29) is 31.0 Å². The number of fused-ring (bicyclic) bond motifs is 1. The zero-order valence-corrected chi connectivity index (χ0v) is 19.9. The van der Waals surface area contributed by atoms with Gasteiger partial charge in [-0.05, 0) is 30.2 Å². The third-order valence-corrected chi connectivity index (χ3v) is 6.27. The smallest absolute Gasteiger partial charge is 0.273 e. The van der Waals surface area contributed by atoms with E-state index in [9.17, 15) is 23.5 Å². The molecule has 1 aromatic carbocycles. The van der Waals surface area contributed by atoms with Gasteiger partial charge in [0.25, 0.3) is 5.91 Å². The van der Waals surface area contributed by atoms with E-state index in [1.165, 1.54) is 0 Å². The van der Waals surface area contributed by atoms with Gasteiger partial charge >= 0.3 is 0 Å². The lowest BCUT2D eigenvalue weighted by atomic mass is 9.86. The molecule has 2 aromatic rings. The van der Waals surface area contributed by atoms with Crippen LogP contribution in [0.3, 0.4) is 0 Å². The van der Waals surface area contributed by atoms with Gasteiger partial charge in [-0.1, -0.05) is 39.0 Å². The molecule has 1 fully saturated rings. The summed E-state index contributed by atoms with van der Waals surface area (Å²) in [4.78, 5) is 26.0. The maximum absolute atomic E-state index is 13.5. The number of nitrogens with zero attached hydrogens (tertiary/aromatic N) is 2. The van der Waals surface area contributed by atoms with Gasteiger partial charge in [-0.25, -0.2) is 8.78 Å². The normalized spacial score (nSPS) is 18.4. The zero-order chi connectivity index (χ0) is 25.1. The van der Waals surface area contributed by atoms with Crippen molar-refractivity contribution in [2.24, 2.45) is 11.3 Å². The van der Waals surface area contributed by atoms with Crippen LogP contribution < -0.4 is 10.6 Å². The molecule has 3 rings (SSSR count). The van der Waals surface area contributed by atoms with E-state index in [1.807, 2.05) is 12.1 Å². The fraction of sp³-hybridized carbons (Fsp3) is 0.625. The lowest BCUT2D eigenvalue weighted by molar-refractivity contribution is -0.125. The maximum Gasteiger partial charge on any atom is 0.273 e. The van der Waals surface area contributed by atoms with Crippen LogP contribution in [-0.2, 0) is 11.3 Å². The molecule has 1 saturated carbocycles. The predicted octanol–water partition coefficient (Wildman–Crippen LogP) is 2.48. The highest BCUT2D eigenvalue weighted by Crippen LogP contribution is 2.37. The monoisotopic (exact) mass is 480 g/mol. The van der Waals surface area contributed by atoms with Crippen molar-refractivity contribution >= 4 is 22.7 Å². The lowest BCUT2D eigenvalue weighted by Crippen LogP contribution is -2.54. The van der Waals surface area contributed by atoms with Crippen molar-refractivity contribution in [3.8, 4) is 0 Å². The molecular formula is C24H34F2N4O4. The molecule has 0 radical (unpaired) electrons. The number of hydrogen-bond donors (Lipinski definition) is 4. The number of nitrogens with one attached hydrogen (secondary N) is 2. The third kappa shape index (κ3) is 6.29. The van der Waals surface area contributed by atoms with Crippen LogP contribution >= 0.6 is 0 Å². The molecule has 34 heavy (non-hydrogen) atoms. The number of amides is 2. The zero-order valence-electron chi connectivity index (χ0n) is 19.9. The molecule has 0 aliphatic heterocycles. The Hall–Kier alpha value is -2.59. The molecule has 0 saturated heterocycles. The van der Waals surface area contributed by atoms with Gasteiger partial charge in [0.15, 0.2) is 5.69 Å². The summed E-state index contributed by atoms with van der Waals surface area (Å²) in [5, 5.41) is 28.9. The van der Waals surface area contributed by atoms with Crippen LogP contribution in [0.5, 0.6) is 0 Å². The van der Waals surface area contributed by atoms with Gasteiger partial charge in [0.2, 0.25) is 11.8 Å². The van der Waals surface area contributed by atoms with Gasteiger partial charge < -0.3 is 20.8 Å². The average Bonchev–Trinajstić information content (AvgIpc) is 3.14. The maximum atomic E-state index is 13.5. The van der Waals surface area contributed by atoms with Crippen LogP contribution in [0.15, 0.2) is 24.3 Å². The number of aliphatic hydroxyl groups excluding tert-OH is 2. The third-order valence-electron chi connectivity index (χ3n) is 6.27. The Morgan fingerprint density at radius 1 is 1.24 bits per heavy atom. The second kappa shape index (κ2) is 10.4. The topological polar surface area (TPSA) is 116 Å². The Labute approximate surface area is 197 Å². The Bertz CT molecular complexity index is 1010. The summed E-state index contributed by atoms with van der Waals surface area (Å²) in [6.07, 6.45) is -0.585. The summed E-state index contributed by atoms with van der Waals surface area (Å²) >= 11 is 0. The van der Waals surface area contributed by atoms with Gasteiger partial charge in [-0.2, -0.15) is 5.10 Å². The summed E-state index contributed by atoms with van der Waals surface area (Å²) in [7, 11) is 0. The van der Waals surface area contributed by atoms with E-state index in [4.69, 9.17) is 5.11 Å². The molecule has 2 atom stereocenters. The van der Waals surface area contributed by atoms with Crippen molar-refractivity contribution in [3.63, 3.8) is 0 Å². The lowest BCUT2D eigenvalue weighted by Gasteiger charge is -2.30. The minimum atomic E-state index is -2.61. The van der Waals surface area contributed by atoms with Crippen molar-refractivity contribution < 1.29 is 28.6 Å². The van der Waals surface area contributed by atoms with Gasteiger partial charge in [-0.3, -0.25) is 14.3 Å². The van der Waals surface area contributed by atoms with Crippen LogP contribution in [0.2, 0.25) is 0 Å². The molecule has 8 nitrogen and oxygen atoms in total. The number of carbonyl (C=O) groups excluding carboxylic acids is 2. The number of para-hydroxylation sites is 1. The Kier molecular flexibility index (Phi) is 7.92. The number of aromatic nitrogens is 2. The molecule has 2 unspecified atom stereocenters. The molecule has 2 amide bonds. The molecule has 1 aliphatic rings. The van der Waals surface area contributed by atoms with E-state index in [1.54, 1.807) is 37.6 Å². The predicted molar refractivity (Wildman–Crippen MR) is 123 cm³/mol. The number of halogens is 2. The summed E-state index contributed by atoms with van der Waals surface area (Å²) in [5.74, 6) is -3.57. The van der Waals surface area contributed by atoms with Crippen LogP contribution in [0.1, 0.15) is 56.9 Å². The number of hydrogen-bond acceptors (Lipinski definition) is 5. The molecule has 10 heteroatoms. The number of rotatable bonds is 8. The molecule has 0 spiro atoms. The first-order valence-electron chi connectivity index (χ1n) is 11.6. The SMILES string of the molecule is CC(C)(C)C(NC(=O)c1nn(CC2CCC(F)(F)CC2)c2ccccc12)C(=O)NCC(O)CO. The van der Waals surface area contributed by atoms with E-state index >= 15 is 0 Å². The first-order chi connectivity index (χ1) is 15.9. The minimum Gasteiger partial charge on any atom is -0.394 e. The summed E-state index contributed by atoms with van der Waals surface area (Å²) < 4.78 is 28.8. The van der Waals surface area contributed by atoms with Crippen LogP contribution in [0.25, 0.3) is 10.9 Å². The highest BCUT2D eigenvalue weighted by Gasteiger charge is 2.36. The van der Waals surface area contributed by atoms with Crippen molar-refractivity contribution in [1.29, 1.82) is 0 Å².